The Bertz CT molecular complexity index is 375. The number of ketones is 1. The molecular weight excluding hydrogens is 234 g/mol. The Balaban J connectivity index is 2.48. The van der Waals surface area contributed by atoms with Gasteiger partial charge in [-0.1, -0.05) is 0 Å². The molecule has 1 aliphatic heterocycles. The summed E-state index contributed by atoms with van der Waals surface area (Å²) in [5, 5.41) is 8.54. The molecule has 1 saturated heterocycles. The van der Waals surface area contributed by atoms with E-state index >= 15 is 0 Å². The number of sulfone groups is 1. The second-order valence-corrected chi connectivity index (χ2v) is 6.34. The van der Waals surface area contributed by atoms with Crippen LogP contribution < -0.4 is 5.73 Å². The first-order valence-electron chi connectivity index (χ1n) is 5.03. The minimum atomic E-state index is -2.99. The lowest BCUT2D eigenvalue weighted by molar-refractivity contribution is -0.140. The number of hydrogen-bond acceptors (Lipinski definition) is 5. The van der Waals surface area contributed by atoms with Crippen LogP contribution in [-0.4, -0.2) is 42.8 Å². The number of carbonyl (C=O) groups excluding carboxylic acids is 1. The van der Waals surface area contributed by atoms with Crippen LogP contribution in [0.5, 0.6) is 0 Å². The van der Waals surface area contributed by atoms with Crippen LogP contribution in [-0.2, 0) is 19.4 Å². The summed E-state index contributed by atoms with van der Waals surface area (Å²) in [7, 11) is -2.99. The summed E-state index contributed by atoms with van der Waals surface area (Å²) >= 11 is 0. The summed E-state index contributed by atoms with van der Waals surface area (Å²) in [6.07, 6.45) is 0.348. The Morgan fingerprint density at radius 1 is 1.31 bits per heavy atom. The molecule has 16 heavy (non-hydrogen) atoms. The van der Waals surface area contributed by atoms with Crippen LogP contribution in [0, 0.1) is 5.92 Å². The maximum atomic E-state index is 11.6. The van der Waals surface area contributed by atoms with E-state index < -0.39 is 21.8 Å². The SMILES string of the molecule is NC(CC(=O)C1CCS(=O)(=O)CC1)C(=O)O. The van der Waals surface area contributed by atoms with Gasteiger partial charge >= 0.3 is 5.97 Å². The van der Waals surface area contributed by atoms with E-state index in [4.69, 9.17) is 10.8 Å². The normalized spacial score (nSPS) is 22.6. The summed E-state index contributed by atoms with van der Waals surface area (Å²) < 4.78 is 22.2. The van der Waals surface area contributed by atoms with E-state index in [1.807, 2.05) is 0 Å². The monoisotopic (exact) mass is 249 g/mol. The van der Waals surface area contributed by atoms with Crippen molar-refractivity contribution in [1.82, 2.24) is 0 Å². The van der Waals surface area contributed by atoms with Gasteiger partial charge in [0.25, 0.3) is 0 Å². The van der Waals surface area contributed by atoms with Gasteiger partial charge in [0.1, 0.15) is 21.7 Å². The molecule has 0 bridgehead atoms. The van der Waals surface area contributed by atoms with Crippen LogP contribution in [0.2, 0.25) is 0 Å². The van der Waals surface area contributed by atoms with Crippen LogP contribution in [0.25, 0.3) is 0 Å². The average Bonchev–Trinajstić information content (AvgIpc) is 2.17. The standard InChI is InChI=1S/C9H15NO5S/c10-7(9(12)13)5-8(11)6-1-3-16(14,15)4-2-6/h6-7H,1-5,10H2,(H,12,13). The van der Waals surface area contributed by atoms with Crippen molar-refractivity contribution < 1.29 is 23.1 Å². The Hall–Kier alpha value is -0.950. The second kappa shape index (κ2) is 4.92. The van der Waals surface area contributed by atoms with Gasteiger partial charge in [0.05, 0.1) is 11.5 Å². The first-order valence-corrected chi connectivity index (χ1v) is 6.85. The molecule has 1 unspecified atom stereocenters. The fourth-order valence-corrected chi connectivity index (χ4v) is 3.17. The van der Waals surface area contributed by atoms with Crippen molar-refractivity contribution in [3.05, 3.63) is 0 Å². The van der Waals surface area contributed by atoms with Crippen molar-refractivity contribution in [3.8, 4) is 0 Å². The highest BCUT2D eigenvalue weighted by atomic mass is 32.2. The smallest absolute Gasteiger partial charge is 0.320 e. The molecule has 0 saturated carbocycles. The summed E-state index contributed by atoms with van der Waals surface area (Å²) in [4.78, 5) is 22.0. The van der Waals surface area contributed by atoms with E-state index in [2.05, 4.69) is 0 Å². The second-order valence-electron chi connectivity index (χ2n) is 4.04. The molecular formula is C9H15NO5S. The average molecular weight is 249 g/mol. The fraction of sp³-hybridized carbons (Fsp3) is 0.778. The van der Waals surface area contributed by atoms with E-state index in [0.29, 0.717) is 0 Å². The van der Waals surface area contributed by atoms with Crippen LogP contribution in [0.4, 0.5) is 0 Å². The first-order chi connectivity index (χ1) is 7.32. The Morgan fingerprint density at radius 2 is 1.81 bits per heavy atom. The van der Waals surface area contributed by atoms with Gasteiger partial charge < -0.3 is 10.8 Å². The maximum absolute atomic E-state index is 11.6. The summed E-state index contributed by atoms with van der Waals surface area (Å²) in [6, 6.07) is -1.19. The molecule has 1 heterocycles. The molecule has 0 aromatic rings. The molecule has 1 atom stereocenters. The molecule has 1 aliphatic rings. The van der Waals surface area contributed by atoms with Gasteiger partial charge in [-0.05, 0) is 12.8 Å². The predicted octanol–water partition coefficient (Wildman–Crippen LogP) is -0.818. The van der Waals surface area contributed by atoms with Gasteiger partial charge in [-0.3, -0.25) is 9.59 Å². The third-order valence-corrected chi connectivity index (χ3v) is 4.46. The molecule has 92 valence electrons. The maximum Gasteiger partial charge on any atom is 0.320 e. The summed E-state index contributed by atoms with van der Waals surface area (Å²) in [5.74, 6) is -1.80. The third kappa shape index (κ3) is 3.57. The van der Waals surface area contributed by atoms with Gasteiger partial charge in [0.2, 0.25) is 0 Å². The van der Waals surface area contributed by atoms with E-state index in [1.54, 1.807) is 0 Å². The van der Waals surface area contributed by atoms with Crippen molar-refractivity contribution in [2.75, 3.05) is 11.5 Å². The lowest BCUT2D eigenvalue weighted by atomic mass is 9.93. The van der Waals surface area contributed by atoms with Crippen LogP contribution in [0.15, 0.2) is 0 Å². The third-order valence-electron chi connectivity index (χ3n) is 2.75. The topological polar surface area (TPSA) is 115 Å². The van der Waals surface area contributed by atoms with Gasteiger partial charge in [0, 0.05) is 12.3 Å². The zero-order valence-corrected chi connectivity index (χ0v) is 9.57. The highest BCUT2D eigenvalue weighted by Gasteiger charge is 2.30. The number of aliphatic carboxylic acids is 1. The fourth-order valence-electron chi connectivity index (χ4n) is 1.68. The molecule has 6 nitrogen and oxygen atoms in total. The minimum absolute atomic E-state index is 0.00567. The molecule has 3 N–H and O–H groups in total. The molecule has 0 aromatic heterocycles. The van der Waals surface area contributed by atoms with Gasteiger partial charge in [-0.25, -0.2) is 8.42 Å². The van der Waals surface area contributed by atoms with Gasteiger partial charge in [-0.2, -0.15) is 0 Å². The van der Waals surface area contributed by atoms with Crippen molar-refractivity contribution >= 4 is 21.6 Å². The van der Waals surface area contributed by atoms with Gasteiger partial charge in [-0.15, -0.1) is 0 Å². The van der Waals surface area contributed by atoms with Crippen molar-refractivity contribution in [2.45, 2.75) is 25.3 Å². The van der Waals surface area contributed by atoms with Crippen LogP contribution in [0.1, 0.15) is 19.3 Å². The summed E-state index contributed by atoms with van der Waals surface area (Å²) in [5.41, 5.74) is 5.24. The molecule has 1 rings (SSSR count). The van der Waals surface area contributed by atoms with E-state index in [-0.39, 0.29) is 42.5 Å². The first kappa shape index (κ1) is 13.1. The molecule has 0 aliphatic carbocycles. The number of rotatable bonds is 4. The Labute approximate surface area is 93.7 Å². The molecule has 0 aromatic carbocycles. The van der Waals surface area contributed by atoms with Crippen molar-refractivity contribution in [2.24, 2.45) is 11.7 Å². The summed E-state index contributed by atoms with van der Waals surface area (Å²) in [6.45, 7) is 0. The van der Waals surface area contributed by atoms with Crippen LogP contribution in [0.3, 0.4) is 0 Å². The highest BCUT2D eigenvalue weighted by Crippen LogP contribution is 2.21. The number of nitrogens with two attached hydrogens (primary N) is 1. The molecule has 0 spiro atoms. The van der Waals surface area contributed by atoms with Crippen molar-refractivity contribution in [1.29, 1.82) is 0 Å². The number of Topliss-reactive ketones (excluding diaryl/α,β-unsaturated/α-hetero) is 1. The van der Waals surface area contributed by atoms with E-state index in [0.717, 1.165) is 0 Å². The number of carboxylic acid groups (broad SMARTS) is 1. The molecule has 0 radical (unpaired) electrons. The zero-order chi connectivity index (χ0) is 12.3. The minimum Gasteiger partial charge on any atom is -0.480 e. The largest absolute Gasteiger partial charge is 0.480 e. The van der Waals surface area contributed by atoms with Crippen LogP contribution >= 0.6 is 0 Å². The zero-order valence-electron chi connectivity index (χ0n) is 8.76. The highest BCUT2D eigenvalue weighted by molar-refractivity contribution is 7.91. The van der Waals surface area contributed by atoms with Crippen molar-refractivity contribution in [3.63, 3.8) is 0 Å². The lowest BCUT2D eigenvalue weighted by Crippen LogP contribution is -2.36. The molecule has 0 amide bonds. The Morgan fingerprint density at radius 3 is 2.25 bits per heavy atom. The predicted molar refractivity (Wildman–Crippen MR) is 56.6 cm³/mol. The van der Waals surface area contributed by atoms with E-state index in [1.165, 1.54) is 0 Å². The lowest BCUT2D eigenvalue weighted by Gasteiger charge is -2.21. The Kier molecular flexibility index (Phi) is 4.03. The number of carbonyl (C=O) groups is 2. The van der Waals surface area contributed by atoms with Gasteiger partial charge in [0.15, 0.2) is 0 Å². The number of hydrogen-bond donors (Lipinski definition) is 2. The van der Waals surface area contributed by atoms with E-state index in [9.17, 15) is 18.0 Å². The molecule has 7 heteroatoms. The molecule has 1 fully saturated rings. The quantitative estimate of drug-likeness (QED) is 0.673. The number of carboxylic acids is 1.